The van der Waals surface area contributed by atoms with Gasteiger partial charge in [0, 0.05) is 25.2 Å². The molecule has 2 nitrogen and oxygen atoms in total. The second kappa shape index (κ2) is 6.13. The molecule has 0 aromatic carbocycles. The smallest absolute Gasteiger partial charge is 0.0110 e. The highest BCUT2D eigenvalue weighted by Crippen LogP contribution is 2.48. The molecule has 3 aliphatic carbocycles. The third-order valence-electron chi connectivity index (χ3n) is 6.01. The molecule has 0 aromatic heterocycles. The molecule has 0 bridgehead atoms. The minimum absolute atomic E-state index is 0.793. The zero-order chi connectivity index (χ0) is 13.1. The predicted molar refractivity (Wildman–Crippen MR) is 81.4 cm³/mol. The molecule has 0 unspecified atom stereocenters. The summed E-state index contributed by atoms with van der Waals surface area (Å²) in [4.78, 5) is 2.66. The van der Waals surface area contributed by atoms with E-state index in [1.165, 1.54) is 83.8 Å². The maximum Gasteiger partial charge on any atom is 0.0110 e. The fourth-order valence-corrected chi connectivity index (χ4v) is 4.51. The van der Waals surface area contributed by atoms with Crippen molar-refractivity contribution in [2.24, 2.45) is 5.41 Å². The summed E-state index contributed by atoms with van der Waals surface area (Å²) in [5, 5.41) is 3.83. The molecule has 1 spiro atoms. The van der Waals surface area contributed by atoms with E-state index in [4.69, 9.17) is 0 Å². The van der Waals surface area contributed by atoms with E-state index in [0.29, 0.717) is 0 Å². The van der Waals surface area contributed by atoms with Gasteiger partial charge in [0.05, 0.1) is 0 Å². The Morgan fingerprint density at radius 3 is 2.26 bits per heavy atom. The summed E-state index contributed by atoms with van der Waals surface area (Å²) in [5.41, 5.74) is 0.793. The number of likely N-dealkylation sites (N-methyl/N-ethyl adjacent to an activating group) is 1. The summed E-state index contributed by atoms with van der Waals surface area (Å²) < 4.78 is 0. The molecular formula is C17H32N2. The number of rotatable bonds is 6. The van der Waals surface area contributed by atoms with Crippen molar-refractivity contribution in [1.82, 2.24) is 10.2 Å². The topological polar surface area (TPSA) is 15.3 Å². The molecule has 0 saturated heterocycles. The number of nitrogens with zero attached hydrogens (tertiary/aromatic N) is 1. The van der Waals surface area contributed by atoms with Gasteiger partial charge >= 0.3 is 0 Å². The van der Waals surface area contributed by atoms with E-state index < -0.39 is 0 Å². The van der Waals surface area contributed by atoms with Crippen molar-refractivity contribution in [3.05, 3.63) is 0 Å². The zero-order valence-corrected chi connectivity index (χ0v) is 12.8. The SMILES string of the molecule is CCN(CCNC1CCC2(CCCC2)CC1)C1CC1. The van der Waals surface area contributed by atoms with E-state index >= 15 is 0 Å². The average Bonchev–Trinajstić information content (AvgIpc) is 3.18. The molecule has 0 radical (unpaired) electrons. The predicted octanol–water partition coefficient (Wildman–Crippen LogP) is 3.56. The maximum atomic E-state index is 3.83. The van der Waals surface area contributed by atoms with E-state index in [1.807, 2.05) is 0 Å². The summed E-state index contributed by atoms with van der Waals surface area (Å²) in [7, 11) is 0. The van der Waals surface area contributed by atoms with Gasteiger partial charge in [0.2, 0.25) is 0 Å². The fraction of sp³-hybridized carbons (Fsp3) is 1.00. The summed E-state index contributed by atoms with van der Waals surface area (Å²) in [6.45, 7) is 6.02. The summed E-state index contributed by atoms with van der Waals surface area (Å²) in [6, 6.07) is 1.75. The first-order chi connectivity index (χ1) is 9.31. The Balaban J connectivity index is 1.33. The maximum absolute atomic E-state index is 3.83. The minimum atomic E-state index is 0.793. The van der Waals surface area contributed by atoms with Crippen molar-refractivity contribution in [3.8, 4) is 0 Å². The second-order valence-electron chi connectivity index (χ2n) is 7.30. The van der Waals surface area contributed by atoms with Gasteiger partial charge in [-0.05, 0) is 63.3 Å². The van der Waals surface area contributed by atoms with Crippen LogP contribution in [0.5, 0.6) is 0 Å². The Bertz CT molecular complexity index is 269. The van der Waals surface area contributed by atoms with Crippen LogP contribution in [0.1, 0.15) is 71.1 Å². The van der Waals surface area contributed by atoms with Gasteiger partial charge in [-0.1, -0.05) is 19.8 Å². The van der Waals surface area contributed by atoms with Crippen LogP contribution in [0.25, 0.3) is 0 Å². The lowest BCUT2D eigenvalue weighted by molar-refractivity contribution is 0.165. The van der Waals surface area contributed by atoms with E-state index in [9.17, 15) is 0 Å². The first kappa shape index (κ1) is 13.9. The molecule has 2 heteroatoms. The Labute approximate surface area is 119 Å². The van der Waals surface area contributed by atoms with Gasteiger partial charge in [-0.25, -0.2) is 0 Å². The Morgan fingerprint density at radius 1 is 1.00 bits per heavy atom. The quantitative estimate of drug-likeness (QED) is 0.789. The van der Waals surface area contributed by atoms with Crippen molar-refractivity contribution in [1.29, 1.82) is 0 Å². The summed E-state index contributed by atoms with van der Waals surface area (Å²) in [5.74, 6) is 0. The van der Waals surface area contributed by atoms with Gasteiger partial charge in [0.1, 0.15) is 0 Å². The molecule has 3 saturated carbocycles. The lowest BCUT2D eigenvalue weighted by atomic mass is 9.71. The van der Waals surface area contributed by atoms with Crippen LogP contribution in [0.15, 0.2) is 0 Å². The highest BCUT2D eigenvalue weighted by atomic mass is 15.2. The molecule has 0 amide bonds. The van der Waals surface area contributed by atoms with Crippen molar-refractivity contribution >= 4 is 0 Å². The van der Waals surface area contributed by atoms with Crippen LogP contribution in [-0.2, 0) is 0 Å². The summed E-state index contributed by atoms with van der Waals surface area (Å²) >= 11 is 0. The minimum Gasteiger partial charge on any atom is -0.313 e. The van der Waals surface area contributed by atoms with Gasteiger partial charge in [-0.2, -0.15) is 0 Å². The van der Waals surface area contributed by atoms with E-state index in [0.717, 1.165) is 17.5 Å². The third-order valence-corrected chi connectivity index (χ3v) is 6.01. The second-order valence-corrected chi connectivity index (χ2v) is 7.30. The van der Waals surface area contributed by atoms with Crippen molar-refractivity contribution in [3.63, 3.8) is 0 Å². The molecule has 3 rings (SSSR count). The van der Waals surface area contributed by atoms with Gasteiger partial charge in [0.25, 0.3) is 0 Å². The third kappa shape index (κ3) is 3.52. The van der Waals surface area contributed by atoms with Crippen LogP contribution in [0.2, 0.25) is 0 Å². The van der Waals surface area contributed by atoms with Gasteiger partial charge in [-0.15, -0.1) is 0 Å². The fourth-order valence-electron chi connectivity index (χ4n) is 4.51. The molecule has 3 aliphatic rings. The standard InChI is InChI=1S/C17H32N2/c1-2-19(16-5-6-16)14-13-18-15-7-11-17(12-8-15)9-3-4-10-17/h15-16,18H,2-14H2,1H3. The van der Waals surface area contributed by atoms with Gasteiger partial charge in [0.15, 0.2) is 0 Å². The van der Waals surface area contributed by atoms with E-state index in [2.05, 4.69) is 17.1 Å². The lowest BCUT2D eigenvalue weighted by Crippen LogP contribution is -2.41. The molecule has 0 aliphatic heterocycles. The van der Waals surface area contributed by atoms with Crippen LogP contribution in [-0.4, -0.2) is 36.6 Å². The number of hydrogen-bond donors (Lipinski definition) is 1. The lowest BCUT2D eigenvalue weighted by Gasteiger charge is -2.38. The van der Waals surface area contributed by atoms with Crippen LogP contribution < -0.4 is 5.32 Å². The summed E-state index contributed by atoms with van der Waals surface area (Å²) in [6.07, 6.45) is 14.9. The Kier molecular flexibility index (Phi) is 4.48. The monoisotopic (exact) mass is 264 g/mol. The average molecular weight is 264 g/mol. The Morgan fingerprint density at radius 2 is 1.68 bits per heavy atom. The van der Waals surface area contributed by atoms with Crippen LogP contribution >= 0.6 is 0 Å². The molecule has 3 fully saturated rings. The van der Waals surface area contributed by atoms with Crippen LogP contribution in [0.3, 0.4) is 0 Å². The number of nitrogens with one attached hydrogen (secondary N) is 1. The highest BCUT2D eigenvalue weighted by molar-refractivity contribution is 4.91. The van der Waals surface area contributed by atoms with Crippen LogP contribution in [0.4, 0.5) is 0 Å². The molecule has 1 N–H and O–H groups in total. The molecule has 110 valence electrons. The molecule has 0 aromatic rings. The molecule has 0 atom stereocenters. The normalized spacial score (nSPS) is 27.5. The van der Waals surface area contributed by atoms with Gasteiger partial charge < -0.3 is 5.32 Å². The van der Waals surface area contributed by atoms with E-state index in [-0.39, 0.29) is 0 Å². The first-order valence-corrected chi connectivity index (χ1v) is 8.79. The largest absolute Gasteiger partial charge is 0.313 e. The van der Waals surface area contributed by atoms with E-state index in [1.54, 1.807) is 0 Å². The molecule has 19 heavy (non-hydrogen) atoms. The van der Waals surface area contributed by atoms with Crippen molar-refractivity contribution < 1.29 is 0 Å². The van der Waals surface area contributed by atoms with Crippen molar-refractivity contribution in [2.45, 2.75) is 83.2 Å². The molecular weight excluding hydrogens is 232 g/mol. The van der Waals surface area contributed by atoms with Crippen molar-refractivity contribution in [2.75, 3.05) is 19.6 Å². The van der Waals surface area contributed by atoms with Crippen LogP contribution in [0, 0.1) is 5.41 Å². The Hall–Kier alpha value is -0.0800. The zero-order valence-electron chi connectivity index (χ0n) is 12.8. The molecule has 0 heterocycles. The highest BCUT2D eigenvalue weighted by Gasteiger charge is 2.37. The van der Waals surface area contributed by atoms with Gasteiger partial charge in [-0.3, -0.25) is 4.90 Å². The first-order valence-electron chi connectivity index (χ1n) is 8.79. The number of hydrogen-bond acceptors (Lipinski definition) is 2.